The third-order valence-electron chi connectivity index (χ3n) is 4.74. The molecule has 9 nitrogen and oxygen atoms in total. The number of amides is 1. The van der Waals surface area contributed by atoms with Gasteiger partial charge in [0.25, 0.3) is 15.7 Å². The quantitative estimate of drug-likeness (QED) is 0.240. The molecule has 172 valence electrons. The Morgan fingerprint density at radius 1 is 1.09 bits per heavy atom. The molecule has 0 unspecified atom stereocenters. The summed E-state index contributed by atoms with van der Waals surface area (Å²) < 4.78 is 34.0. The lowest BCUT2D eigenvalue weighted by atomic mass is 10.2. The summed E-state index contributed by atoms with van der Waals surface area (Å²) in [6.07, 6.45) is 0. The number of nitrogens with zero attached hydrogens (tertiary/aromatic N) is 2. The number of nitro benzene ring substituents is 1. The minimum absolute atomic E-state index is 0.205. The molecule has 0 radical (unpaired) electrons. The van der Waals surface area contributed by atoms with Crippen LogP contribution in [0.15, 0.2) is 71.6 Å². The van der Waals surface area contributed by atoms with Gasteiger partial charge in [-0.25, -0.2) is 8.42 Å². The van der Waals surface area contributed by atoms with Crippen LogP contribution in [0.1, 0.15) is 5.56 Å². The van der Waals surface area contributed by atoms with Gasteiger partial charge in [0.1, 0.15) is 12.3 Å². The number of nitrogens with one attached hydrogen (secondary N) is 1. The summed E-state index contributed by atoms with van der Waals surface area (Å²) >= 11 is 2.13. The van der Waals surface area contributed by atoms with Gasteiger partial charge in [-0.2, -0.15) is 0 Å². The number of benzene rings is 3. The molecule has 0 fully saturated rings. The van der Waals surface area contributed by atoms with E-state index in [0.29, 0.717) is 17.0 Å². The van der Waals surface area contributed by atoms with Crippen LogP contribution in [0.2, 0.25) is 0 Å². The van der Waals surface area contributed by atoms with Crippen LogP contribution in [0, 0.1) is 20.6 Å². The zero-order chi connectivity index (χ0) is 24.2. The lowest BCUT2D eigenvalue weighted by Crippen LogP contribution is -2.38. The second-order valence-electron chi connectivity index (χ2n) is 6.97. The number of nitro groups is 1. The summed E-state index contributed by atoms with van der Waals surface area (Å²) in [6, 6.07) is 16.8. The number of methoxy groups -OCH3 is 1. The van der Waals surface area contributed by atoms with Gasteiger partial charge >= 0.3 is 0 Å². The van der Waals surface area contributed by atoms with Gasteiger partial charge in [-0.05, 0) is 84.1 Å². The van der Waals surface area contributed by atoms with E-state index in [-0.39, 0.29) is 16.3 Å². The molecule has 0 aliphatic rings. The average molecular weight is 581 g/mol. The minimum Gasteiger partial charge on any atom is -0.497 e. The topological polar surface area (TPSA) is 119 Å². The fourth-order valence-corrected chi connectivity index (χ4v) is 4.80. The summed E-state index contributed by atoms with van der Waals surface area (Å²) in [4.78, 5) is 23.2. The van der Waals surface area contributed by atoms with Gasteiger partial charge in [0.05, 0.1) is 22.6 Å². The van der Waals surface area contributed by atoms with Crippen molar-refractivity contribution in [3.05, 3.63) is 86.0 Å². The molecule has 0 aliphatic heterocycles. The predicted molar refractivity (Wildman–Crippen MR) is 133 cm³/mol. The molecule has 0 saturated heterocycles. The van der Waals surface area contributed by atoms with Gasteiger partial charge in [0.2, 0.25) is 5.91 Å². The molecule has 3 aromatic rings. The zero-order valence-corrected chi connectivity index (χ0v) is 20.7. The molecular formula is C22H20IN3O6S. The van der Waals surface area contributed by atoms with Crippen LogP contribution >= 0.6 is 22.6 Å². The number of sulfonamides is 1. The lowest BCUT2D eigenvalue weighted by Gasteiger charge is -2.24. The molecule has 33 heavy (non-hydrogen) atoms. The Balaban J connectivity index is 2.00. The molecule has 1 amide bonds. The molecule has 0 saturated carbocycles. The van der Waals surface area contributed by atoms with Crippen molar-refractivity contribution >= 4 is 55.6 Å². The fourth-order valence-electron chi connectivity index (χ4n) is 3.00. The Hall–Kier alpha value is -3.19. The Labute approximate surface area is 204 Å². The monoisotopic (exact) mass is 581 g/mol. The normalized spacial score (nSPS) is 11.0. The summed E-state index contributed by atoms with van der Waals surface area (Å²) in [7, 11) is -2.84. The van der Waals surface area contributed by atoms with Gasteiger partial charge in [0.15, 0.2) is 0 Å². The Bertz CT molecular complexity index is 1280. The van der Waals surface area contributed by atoms with E-state index in [2.05, 4.69) is 27.9 Å². The van der Waals surface area contributed by atoms with E-state index in [1.807, 2.05) is 0 Å². The highest BCUT2D eigenvalue weighted by Crippen LogP contribution is 2.29. The molecule has 11 heteroatoms. The molecular weight excluding hydrogens is 561 g/mol. The SMILES string of the molecule is COc1ccc(N(CC(=O)Nc2ccc(I)cc2)S(=O)(=O)c2ccc(C)c([N+](=O)[O-])c2)cc1. The van der Waals surface area contributed by atoms with Crippen molar-refractivity contribution in [2.45, 2.75) is 11.8 Å². The first-order valence-electron chi connectivity index (χ1n) is 9.59. The number of carbonyl (C=O) groups excluding carboxylic acids is 1. The number of aryl methyl sites for hydroxylation is 1. The van der Waals surface area contributed by atoms with E-state index in [1.165, 1.54) is 38.3 Å². The zero-order valence-electron chi connectivity index (χ0n) is 17.7. The van der Waals surface area contributed by atoms with Crippen molar-refractivity contribution in [3.63, 3.8) is 0 Å². The Morgan fingerprint density at radius 3 is 2.30 bits per heavy atom. The van der Waals surface area contributed by atoms with Crippen molar-refractivity contribution in [3.8, 4) is 5.75 Å². The van der Waals surface area contributed by atoms with Crippen LogP contribution in [0.3, 0.4) is 0 Å². The van der Waals surface area contributed by atoms with Crippen LogP contribution in [-0.2, 0) is 14.8 Å². The largest absolute Gasteiger partial charge is 0.497 e. The van der Waals surface area contributed by atoms with Crippen LogP contribution < -0.4 is 14.4 Å². The maximum absolute atomic E-state index is 13.5. The highest BCUT2D eigenvalue weighted by atomic mass is 127. The number of hydrogen-bond donors (Lipinski definition) is 1. The number of hydrogen-bond acceptors (Lipinski definition) is 6. The fraction of sp³-hybridized carbons (Fsp3) is 0.136. The summed E-state index contributed by atoms with van der Waals surface area (Å²) in [5, 5.41) is 14.0. The first-order valence-corrected chi connectivity index (χ1v) is 12.1. The van der Waals surface area contributed by atoms with Crippen molar-refractivity contribution in [1.29, 1.82) is 0 Å². The minimum atomic E-state index is -4.31. The van der Waals surface area contributed by atoms with E-state index in [0.717, 1.165) is 13.9 Å². The van der Waals surface area contributed by atoms with Crippen molar-refractivity contribution in [2.24, 2.45) is 0 Å². The first kappa shape index (κ1) is 24.5. The number of anilines is 2. The van der Waals surface area contributed by atoms with Crippen LogP contribution in [0.25, 0.3) is 0 Å². The van der Waals surface area contributed by atoms with Crippen LogP contribution in [0.5, 0.6) is 5.75 Å². The molecule has 0 aromatic heterocycles. The molecule has 0 atom stereocenters. The maximum Gasteiger partial charge on any atom is 0.273 e. The molecule has 0 bridgehead atoms. The van der Waals surface area contributed by atoms with E-state index in [9.17, 15) is 23.3 Å². The van der Waals surface area contributed by atoms with Crippen LogP contribution in [0.4, 0.5) is 17.1 Å². The van der Waals surface area contributed by atoms with Crippen molar-refractivity contribution < 1.29 is 22.9 Å². The molecule has 0 spiro atoms. The van der Waals surface area contributed by atoms with Gasteiger partial charge in [-0.3, -0.25) is 19.2 Å². The van der Waals surface area contributed by atoms with Crippen molar-refractivity contribution in [2.75, 3.05) is 23.3 Å². The van der Waals surface area contributed by atoms with E-state index < -0.39 is 27.4 Å². The maximum atomic E-state index is 13.5. The van der Waals surface area contributed by atoms with Gasteiger partial charge in [-0.1, -0.05) is 6.07 Å². The Kier molecular flexibility index (Phi) is 7.53. The van der Waals surface area contributed by atoms with E-state index in [1.54, 1.807) is 36.4 Å². The summed E-state index contributed by atoms with van der Waals surface area (Å²) in [5.74, 6) is -0.0670. The summed E-state index contributed by atoms with van der Waals surface area (Å²) in [5.41, 5.74) is 0.718. The smallest absolute Gasteiger partial charge is 0.273 e. The number of halogens is 1. The average Bonchev–Trinajstić information content (AvgIpc) is 2.79. The predicted octanol–water partition coefficient (Wildman–Crippen LogP) is 4.35. The molecule has 0 aliphatic carbocycles. The number of rotatable bonds is 8. The van der Waals surface area contributed by atoms with E-state index in [4.69, 9.17) is 4.74 Å². The van der Waals surface area contributed by atoms with Crippen LogP contribution in [-0.4, -0.2) is 32.9 Å². The molecule has 1 N–H and O–H groups in total. The van der Waals surface area contributed by atoms with Gasteiger partial charge in [0, 0.05) is 20.9 Å². The molecule has 3 rings (SSSR count). The molecule has 0 heterocycles. The Morgan fingerprint density at radius 2 is 1.73 bits per heavy atom. The lowest BCUT2D eigenvalue weighted by molar-refractivity contribution is -0.385. The first-order chi connectivity index (χ1) is 15.6. The highest BCUT2D eigenvalue weighted by molar-refractivity contribution is 14.1. The van der Waals surface area contributed by atoms with Gasteiger partial charge in [-0.15, -0.1) is 0 Å². The third kappa shape index (κ3) is 5.79. The standard InChI is InChI=1S/C22H20IN3O6S/c1-15-3-12-20(13-21(15)26(28)29)33(30,31)25(18-8-10-19(32-2)11-9-18)14-22(27)24-17-6-4-16(23)5-7-17/h3-13H,14H2,1-2H3,(H,24,27). The second-order valence-corrected chi connectivity index (χ2v) is 10.1. The highest BCUT2D eigenvalue weighted by Gasteiger charge is 2.29. The van der Waals surface area contributed by atoms with Crippen molar-refractivity contribution in [1.82, 2.24) is 0 Å². The number of carbonyl (C=O) groups is 1. The second kappa shape index (κ2) is 10.2. The number of ether oxygens (including phenoxy) is 1. The third-order valence-corrected chi connectivity index (χ3v) is 7.23. The molecule has 3 aromatic carbocycles. The summed E-state index contributed by atoms with van der Waals surface area (Å²) in [6.45, 7) is 0.979. The van der Waals surface area contributed by atoms with E-state index >= 15 is 0 Å². The van der Waals surface area contributed by atoms with Gasteiger partial charge < -0.3 is 10.1 Å².